The Bertz CT molecular complexity index is 263. The maximum absolute atomic E-state index is 11.6. The van der Waals surface area contributed by atoms with E-state index in [-0.39, 0.29) is 18.0 Å². The average molecular weight is 213 g/mol. The highest BCUT2D eigenvalue weighted by atomic mass is 16.2. The van der Waals surface area contributed by atoms with Crippen molar-refractivity contribution in [3.05, 3.63) is 0 Å². The Hall–Kier alpha value is -1.30. The normalized spacial score (nSPS) is 22.5. The number of likely N-dealkylation sites (N-methyl/N-ethyl adjacent to an activating group) is 1. The predicted octanol–water partition coefficient (Wildman–Crippen LogP) is -0.966. The molecule has 0 aromatic rings. The molecule has 15 heavy (non-hydrogen) atoms. The van der Waals surface area contributed by atoms with Crippen LogP contribution in [-0.4, -0.2) is 42.4 Å². The third-order valence-corrected chi connectivity index (χ3v) is 2.25. The van der Waals surface area contributed by atoms with E-state index >= 15 is 0 Å². The lowest BCUT2D eigenvalue weighted by atomic mass is 10.3. The van der Waals surface area contributed by atoms with E-state index in [1.54, 1.807) is 11.9 Å². The van der Waals surface area contributed by atoms with Gasteiger partial charge in [0.2, 0.25) is 11.9 Å². The van der Waals surface area contributed by atoms with Gasteiger partial charge in [-0.2, -0.15) is 0 Å². The Kier molecular flexibility index (Phi) is 3.90. The summed E-state index contributed by atoms with van der Waals surface area (Å²) >= 11 is 0. The summed E-state index contributed by atoms with van der Waals surface area (Å²) in [5.41, 5.74) is 2.46. The molecule has 0 saturated carbocycles. The number of nitrogens with two attached hydrogens (primary N) is 1. The standard InChI is InChI=1S/C9H19N5O/c1-6(2)11-9(13-10)12-7-4-5-14(3)8(7)15/h6-7H,4-5,10H2,1-3H3,(H2,11,12,13). The van der Waals surface area contributed by atoms with Gasteiger partial charge in [-0.3, -0.25) is 10.2 Å². The van der Waals surface area contributed by atoms with E-state index in [1.165, 1.54) is 0 Å². The molecule has 0 radical (unpaired) electrons. The highest BCUT2D eigenvalue weighted by molar-refractivity contribution is 5.88. The smallest absolute Gasteiger partial charge is 0.247 e. The molecule has 0 aromatic carbocycles. The average Bonchev–Trinajstić information content (AvgIpc) is 2.48. The SMILES string of the molecule is CC(C)NC(=NC1CCN(C)C1=O)NN. The van der Waals surface area contributed by atoms with E-state index in [4.69, 9.17) is 5.84 Å². The largest absolute Gasteiger partial charge is 0.353 e. The summed E-state index contributed by atoms with van der Waals surface area (Å²) in [6.45, 7) is 4.72. The van der Waals surface area contributed by atoms with Gasteiger partial charge < -0.3 is 10.2 Å². The molecule has 1 fully saturated rings. The molecular weight excluding hydrogens is 194 g/mol. The van der Waals surface area contributed by atoms with Gasteiger partial charge in [0.05, 0.1) is 0 Å². The van der Waals surface area contributed by atoms with E-state index < -0.39 is 0 Å². The molecule has 1 saturated heterocycles. The van der Waals surface area contributed by atoms with Crippen molar-refractivity contribution in [1.82, 2.24) is 15.6 Å². The number of aliphatic imine (C=N–C) groups is 1. The number of nitrogens with zero attached hydrogens (tertiary/aromatic N) is 2. The second kappa shape index (κ2) is 4.97. The molecule has 86 valence electrons. The van der Waals surface area contributed by atoms with Crippen LogP contribution in [-0.2, 0) is 4.79 Å². The first-order valence-electron chi connectivity index (χ1n) is 5.10. The lowest BCUT2D eigenvalue weighted by molar-refractivity contribution is -0.127. The van der Waals surface area contributed by atoms with Crippen molar-refractivity contribution in [3.63, 3.8) is 0 Å². The summed E-state index contributed by atoms with van der Waals surface area (Å²) in [4.78, 5) is 17.5. The highest BCUT2D eigenvalue weighted by Gasteiger charge is 2.28. The molecule has 1 heterocycles. The molecule has 1 aliphatic rings. The summed E-state index contributed by atoms with van der Waals surface area (Å²) in [7, 11) is 1.78. The predicted molar refractivity (Wildman–Crippen MR) is 59.1 cm³/mol. The molecule has 0 bridgehead atoms. The first kappa shape index (κ1) is 11.8. The quantitative estimate of drug-likeness (QED) is 0.239. The zero-order chi connectivity index (χ0) is 11.4. The molecule has 1 unspecified atom stereocenters. The lowest BCUT2D eigenvalue weighted by Crippen LogP contribution is -2.45. The molecule has 1 rings (SSSR count). The minimum atomic E-state index is -0.299. The van der Waals surface area contributed by atoms with Gasteiger partial charge >= 0.3 is 0 Å². The van der Waals surface area contributed by atoms with Crippen LogP contribution in [0.25, 0.3) is 0 Å². The summed E-state index contributed by atoms with van der Waals surface area (Å²) in [6.07, 6.45) is 0.750. The summed E-state index contributed by atoms with van der Waals surface area (Å²) < 4.78 is 0. The van der Waals surface area contributed by atoms with Crippen LogP contribution in [0.3, 0.4) is 0 Å². The van der Waals surface area contributed by atoms with Crippen molar-refractivity contribution in [3.8, 4) is 0 Å². The van der Waals surface area contributed by atoms with Crippen molar-refractivity contribution in [2.45, 2.75) is 32.4 Å². The Morgan fingerprint density at radius 3 is 2.73 bits per heavy atom. The van der Waals surface area contributed by atoms with E-state index in [1.807, 2.05) is 13.8 Å². The molecular formula is C9H19N5O. The van der Waals surface area contributed by atoms with Crippen LogP contribution in [0.2, 0.25) is 0 Å². The van der Waals surface area contributed by atoms with Gasteiger partial charge in [0, 0.05) is 19.6 Å². The summed E-state index contributed by atoms with van der Waals surface area (Å²) in [5, 5.41) is 3.03. The Morgan fingerprint density at radius 2 is 2.33 bits per heavy atom. The van der Waals surface area contributed by atoms with Crippen molar-refractivity contribution in [2.24, 2.45) is 10.8 Å². The Balaban J connectivity index is 2.63. The van der Waals surface area contributed by atoms with Gasteiger partial charge in [0.15, 0.2) is 0 Å². The maximum atomic E-state index is 11.6. The number of rotatable bonds is 2. The van der Waals surface area contributed by atoms with Gasteiger partial charge in [-0.15, -0.1) is 0 Å². The molecule has 0 spiro atoms. The van der Waals surface area contributed by atoms with Crippen LogP contribution in [0.4, 0.5) is 0 Å². The zero-order valence-electron chi connectivity index (χ0n) is 9.45. The molecule has 6 nitrogen and oxygen atoms in total. The number of nitrogens with one attached hydrogen (secondary N) is 2. The first-order valence-corrected chi connectivity index (χ1v) is 5.10. The third-order valence-electron chi connectivity index (χ3n) is 2.25. The fourth-order valence-corrected chi connectivity index (χ4v) is 1.47. The van der Waals surface area contributed by atoms with Crippen molar-refractivity contribution >= 4 is 11.9 Å². The molecule has 0 aromatic heterocycles. The van der Waals surface area contributed by atoms with Gasteiger partial charge in [-0.05, 0) is 20.3 Å². The van der Waals surface area contributed by atoms with E-state index in [2.05, 4.69) is 15.7 Å². The summed E-state index contributed by atoms with van der Waals surface area (Å²) in [5.74, 6) is 5.83. The first-order chi connectivity index (χ1) is 7.04. The zero-order valence-corrected chi connectivity index (χ0v) is 9.45. The molecule has 1 atom stereocenters. The number of guanidine groups is 1. The van der Waals surface area contributed by atoms with Crippen molar-refractivity contribution < 1.29 is 4.79 Å². The minimum absolute atomic E-state index is 0.0494. The second-order valence-corrected chi connectivity index (χ2v) is 3.99. The van der Waals surface area contributed by atoms with Gasteiger partial charge in [-0.1, -0.05) is 0 Å². The molecule has 1 aliphatic heterocycles. The fourth-order valence-electron chi connectivity index (χ4n) is 1.47. The maximum Gasteiger partial charge on any atom is 0.247 e. The molecule has 1 amide bonds. The van der Waals surface area contributed by atoms with Crippen LogP contribution >= 0.6 is 0 Å². The lowest BCUT2D eigenvalue weighted by Gasteiger charge is -2.13. The Morgan fingerprint density at radius 1 is 1.67 bits per heavy atom. The van der Waals surface area contributed by atoms with E-state index in [0.29, 0.717) is 5.96 Å². The third kappa shape index (κ3) is 3.09. The number of carbonyl (C=O) groups is 1. The van der Waals surface area contributed by atoms with Crippen molar-refractivity contribution in [2.75, 3.05) is 13.6 Å². The molecule has 4 N–H and O–H groups in total. The summed E-state index contributed by atoms with van der Waals surface area (Å²) in [6, 6.07) is -0.0682. The highest BCUT2D eigenvalue weighted by Crippen LogP contribution is 2.11. The van der Waals surface area contributed by atoms with Gasteiger partial charge in [-0.25, -0.2) is 10.8 Å². The van der Waals surface area contributed by atoms with Crippen LogP contribution in [0.1, 0.15) is 20.3 Å². The minimum Gasteiger partial charge on any atom is -0.353 e. The Labute approximate surface area is 89.9 Å². The number of hydrogen-bond donors (Lipinski definition) is 3. The van der Waals surface area contributed by atoms with Crippen LogP contribution in [0.15, 0.2) is 4.99 Å². The van der Waals surface area contributed by atoms with Crippen molar-refractivity contribution in [1.29, 1.82) is 0 Å². The van der Waals surface area contributed by atoms with E-state index in [0.717, 1.165) is 13.0 Å². The number of likely N-dealkylation sites (tertiary alicyclic amines) is 1. The van der Waals surface area contributed by atoms with Gasteiger partial charge in [0.25, 0.3) is 0 Å². The fraction of sp³-hybridized carbons (Fsp3) is 0.778. The number of amides is 1. The van der Waals surface area contributed by atoms with Crippen LogP contribution in [0.5, 0.6) is 0 Å². The topological polar surface area (TPSA) is 82.8 Å². The van der Waals surface area contributed by atoms with Gasteiger partial charge in [0.1, 0.15) is 6.04 Å². The number of hydrazine groups is 1. The van der Waals surface area contributed by atoms with Crippen LogP contribution in [0, 0.1) is 0 Å². The second-order valence-electron chi connectivity index (χ2n) is 3.99. The molecule has 6 heteroatoms. The molecule has 0 aliphatic carbocycles. The number of carbonyl (C=O) groups excluding carboxylic acids is 1. The monoisotopic (exact) mass is 213 g/mol. The van der Waals surface area contributed by atoms with Crippen LogP contribution < -0.4 is 16.6 Å². The van der Waals surface area contributed by atoms with E-state index in [9.17, 15) is 4.79 Å². The number of hydrogen-bond acceptors (Lipinski definition) is 3.